The lowest BCUT2D eigenvalue weighted by Gasteiger charge is -2.32. The van der Waals surface area contributed by atoms with Crippen molar-refractivity contribution in [2.45, 2.75) is 63.6 Å². The second kappa shape index (κ2) is 11.0. The van der Waals surface area contributed by atoms with Crippen molar-refractivity contribution in [1.82, 2.24) is 15.3 Å². The molecule has 2 saturated carbocycles. The summed E-state index contributed by atoms with van der Waals surface area (Å²) in [5.41, 5.74) is 2.63. The second-order valence-electron chi connectivity index (χ2n) is 9.15. The van der Waals surface area contributed by atoms with E-state index in [4.69, 9.17) is 27.9 Å². The van der Waals surface area contributed by atoms with Gasteiger partial charge in [0.05, 0.1) is 23.5 Å². The molecule has 4 rings (SSSR count). The molecule has 2 aromatic heterocycles. The highest BCUT2D eigenvalue weighted by Gasteiger charge is 2.23. The number of methoxy groups -OCH3 is 1. The van der Waals surface area contributed by atoms with Gasteiger partial charge in [0, 0.05) is 49.1 Å². The maximum Gasteiger partial charge on any atom is 0.137 e. The maximum atomic E-state index is 6.51. The van der Waals surface area contributed by atoms with Gasteiger partial charge in [-0.2, -0.15) is 0 Å². The van der Waals surface area contributed by atoms with Gasteiger partial charge in [-0.15, -0.1) is 0 Å². The van der Waals surface area contributed by atoms with Crippen molar-refractivity contribution in [2.75, 3.05) is 30.9 Å². The molecule has 0 spiro atoms. The van der Waals surface area contributed by atoms with E-state index in [9.17, 15) is 0 Å². The fourth-order valence-corrected chi connectivity index (χ4v) is 4.77. The van der Waals surface area contributed by atoms with Crippen LogP contribution in [-0.2, 0) is 4.74 Å². The van der Waals surface area contributed by atoms with E-state index in [-0.39, 0.29) is 0 Å². The van der Waals surface area contributed by atoms with Crippen LogP contribution in [0.1, 0.15) is 45.4 Å². The van der Waals surface area contributed by atoms with Crippen molar-refractivity contribution >= 4 is 34.7 Å². The number of nitrogens with zero attached hydrogens (tertiary/aromatic N) is 2. The number of hydrogen-bond donors (Lipinski definition) is 3. The largest absolute Gasteiger partial charge is 0.384 e. The monoisotopic (exact) mass is 477 g/mol. The van der Waals surface area contributed by atoms with Gasteiger partial charge in [0.25, 0.3) is 0 Å². The van der Waals surface area contributed by atoms with Crippen LogP contribution in [-0.4, -0.2) is 48.4 Å². The summed E-state index contributed by atoms with van der Waals surface area (Å²) in [7, 11) is 1.75. The van der Waals surface area contributed by atoms with E-state index in [1.165, 1.54) is 12.8 Å². The number of ether oxygens (including phenoxy) is 1. The Labute approximate surface area is 200 Å². The molecule has 2 fully saturated rings. The number of nitrogens with one attached hydrogen (secondary N) is 3. The zero-order valence-corrected chi connectivity index (χ0v) is 20.3. The third-order valence-electron chi connectivity index (χ3n) is 6.29. The maximum absolute atomic E-state index is 6.51. The molecule has 1 atom stereocenters. The van der Waals surface area contributed by atoms with Gasteiger partial charge in [0.2, 0.25) is 0 Å². The van der Waals surface area contributed by atoms with E-state index in [1.54, 1.807) is 19.5 Å². The number of anilines is 2. The lowest BCUT2D eigenvalue weighted by atomic mass is 9.90. The molecule has 8 heteroatoms. The summed E-state index contributed by atoms with van der Waals surface area (Å²) in [4.78, 5) is 8.89. The first-order valence-corrected chi connectivity index (χ1v) is 12.3. The summed E-state index contributed by atoms with van der Waals surface area (Å²) in [6.45, 7) is 3.88. The van der Waals surface area contributed by atoms with Crippen LogP contribution in [0.3, 0.4) is 0 Å². The predicted molar refractivity (Wildman–Crippen MR) is 133 cm³/mol. The normalized spacial score (nSPS) is 21.9. The number of aromatic nitrogens is 2. The molecule has 0 bridgehead atoms. The van der Waals surface area contributed by atoms with Crippen LogP contribution in [0.15, 0.2) is 24.5 Å². The topological polar surface area (TPSA) is 71.1 Å². The van der Waals surface area contributed by atoms with Crippen LogP contribution in [0.25, 0.3) is 11.1 Å². The van der Waals surface area contributed by atoms with Gasteiger partial charge in [-0.1, -0.05) is 23.2 Å². The molecule has 2 heterocycles. The minimum atomic E-state index is 0.378. The summed E-state index contributed by atoms with van der Waals surface area (Å²) in [5.74, 6) is 1.60. The Kier molecular flexibility index (Phi) is 8.11. The average molecular weight is 478 g/mol. The molecule has 2 aliphatic rings. The van der Waals surface area contributed by atoms with Crippen molar-refractivity contribution in [1.29, 1.82) is 0 Å². The lowest BCUT2D eigenvalue weighted by Crippen LogP contribution is -2.42. The molecule has 2 aromatic rings. The summed E-state index contributed by atoms with van der Waals surface area (Å²) in [5, 5.41) is 11.7. The molecule has 3 N–H and O–H groups in total. The zero-order valence-electron chi connectivity index (χ0n) is 18.8. The summed E-state index contributed by atoms with van der Waals surface area (Å²) < 4.78 is 5.23. The third kappa shape index (κ3) is 6.47. The van der Waals surface area contributed by atoms with Crippen molar-refractivity contribution in [2.24, 2.45) is 5.92 Å². The number of halogens is 2. The molecule has 0 saturated heterocycles. The van der Waals surface area contributed by atoms with Crippen molar-refractivity contribution < 1.29 is 4.74 Å². The third-order valence-corrected chi connectivity index (χ3v) is 6.89. The molecule has 0 radical (unpaired) electrons. The summed E-state index contributed by atoms with van der Waals surface area (Å²) >= 11 is 13.0. The first kappa shape index (κ1) is 23.6. The number of hydrogen-bond acceptors (Lipinski definition) is 6. The van der Waals surface area contributed by atoms with E-state index in [0.717, 1.165) is 67.4 Å². The van der Waals surface area contributed by atoms with Crippen LogP contribution in [0.4, 0.5) is 11.5 Å². The Hall–Kier alpha value is -1.60. The van der Waals surface area contributed by atoms with Crippen LogP contribution >= 0.6 is 23.2 Å². The molecule has 2 aliphatic carbocycles. The van der Waals surface area contributed by atoms with Crippen LogP contribution in [0.2, 0.25) is 10.2 Å². The first-order chi connectivity index (χ1) is 15.5. The Balaban J connectivity index is 1.39. The van der Waals surface area contributed by atoms with Gasteiger partial charge in [-0.05, 0) is 63.5 Å². The second-order valence-corrected chi connectivity index (χ2v) is 9.92. The highest BCUT2D eigenvalue weighted by molar-refractivity contribution is 6.36. The summed E-state index contributed by atoms with van der Waals surface area (Å²) in [6.07, 6.45) is 10.5. The Morgan fingerprint density at radius 1 is 1.00 bits per heavy atom. The predicted octanol–water partition coefficient (Wildman–Crippen LogP) is 5.62. The minimum absolute atomic E-state index is 0.378. The number of rotatable bonds is 10. The zero-order chi connectivity index (χ0) is 22.5. The average Bonchev–Trinajstić information content (AvgIpc) is 3.61. The van der Waals surface area contributed by atoms with Gasteiger partial charge < -0.3 is 20.7 Å². The van der Waals surface area contributed by atoms with E-state index in [0.29, 0.717) is 28.3 Å². The Morgan fingerprint density at radius 3 is 2.47 bits per heavy atom. The van der Waals surface area contributed by atoms with Crippen LogP contribution in [0, 0.1) is 5.92 Å². The molecule has 0 aliphatic heterocycles. The SMILES string of the molecule is COC[C@H](C)NC1CCC(Nc2cc(-c3cc(NCC4CC4)cnc3Cl)c(Cl)cn2)CC1. The number of pyridine rings is 2. The first-order valence-electron chi connectivity index (χ1n) is 11.6. The van der Waals surface area contributed by atoms with E-state index in [2.05, 4.69) is 32.8 Å². The van der Waals surface area contributed by atoms with Gasteiger partial charge in [0.1, 0.15) is 11.0 Å². The summed E-state index contributed by atoms with van der Waals surface area (Å²) in [6, 6.07) is 5.33. The molecule has 0 aromatic carbocycles. The standard InChI is InChI=1S/C24H33Cl2N5O/c1-15(14-32-2)30-17-5-7-18(8-6-17)31-23-10-20(22(25)13-28-23)21-9-19(12-29-24(21)26)27-11-16-3-4-16/h9-10,12-13,15-18,27,30H,3-8,11,14H2,1-2H3,(H,28,31)/t15-,17?,18?/m0/s1. The molecule has 32 heavy (non-hydrogen) atoms. The lowest BCUT2D eigenvalue weighted by molar-refractivity contribution is 0.161. The molecule has 6 nitrogen and oxygen atoms in total. The molecule has 0 unspecified atom stereocenters. The smallest absolute Gasteiger partial charge is 0.137 e. The van der Waals surface area contributed by atoms with Crippen LogP contribution in [0.5, 0.6) is 0 Å². The van der Waals surface area contributed by atoms with E-state index in [1.807, 2.05) is 12.1 Å². The van der Waals surface area contributed by atoms with Gasteiger partial charge in [-0.25, -0.2) is 9.97 Å². The molecular formula is C24H33Cl2N5O. The fourth-order valence-electron chi connectivity index (χ4n) is 4.36. The fraction of sp³-hybridized carbons (Fsp3) is 0.583. The van der Waals surface area contributed by atoms with E-state index >= 15 is 0 Å². The molecule has 0 amide bonds. The van der Waals surface area contributed by atoms with Gasteiger partial charge in [0.15, 0.2) is 0 Å². The molecule has 174 valence electrons. The van der Waals surface area contributed by atoms with Crippen LogP contribution < -0.4 is 16.0 Å². The highest BCUT2D eigenvalue weighted by Crippen LogP contribution is 2.36. The quantitative estimate of drug-likeness (QED) is 0.385. The van der Waals surface area contributed by atoms with Crippen molar-refractivity contribution in [3.05, 3.63) is 34.7 Å². The highest BCUT2D eigenvalue weighted by atomic mass is 35.5. The Morgan fingerprint density at radius 2 is 1.75 bits per heavy atom. The minimum Gasteiger partial charge on any atom is -0.384 e. The van der Waals surface area contributed by atoms with Gasteiger partial charge in [-0.3, -0.25) is 0 Å². The van der Waals surface area contributed by atoms with Gasteiger partial charge >= 0.3 is 0 Å². The van der Waals surface area contributed by atoms with E-state index < -0.39 is 0 Å². The molecular weight excluding hydrogens is 445 g/mol. The Bertz CT molecular complexity index is 900. The van der Waals surface area contributed by atoms with Crippen molar-refractivity contribution in [3.63, 3.8) is 0 Å². The van der Waals surface area contributed by atoms with Crippen molar-refractivity contribution in [3.8, 4) is 11.1 Å².